The largest absolute Gasteiger partial charge is 0.305 e. The van der Waals surface area contributed by atoms with Gasteiger partial charge < -0.3 is 5.32 Å². The molecule has 4 rings (SSSR count). The summed E-state index contributed by atoms with van der Waals surface area (Å²) in [5.74, 6) is 0.289. The molecular weight excluding hydrogens is 345 g/mol. The Labute approximate surface area is 155 Å². The molecule has 2 heterocycles. The van der Waals surface area contributed by atoms with Crippen molar-refractivity contribution in [1.29, 1.82) is 0 Å². The molecule has 0 amide bonds. The van der Waals surface area contributed by atoms with E-state index in [9.17, 15) is 4.39 Å². The quantitative estimate of drug-likeness (QED) is 0.550. The van der Waals surface area contributed by atoms with Crippen molar-refractivity contribution < 1.29 is 4.39 Å². The molecule has 0 aliphatic rings. The van der Waals surface area contributed by atoms with Crippen molar-refractivity contribution in [1.82, 2.24) is 35.7 Å². The molecule has 136 valence electrons. The summed E-state index contributed by atoms with van der Waals surface area (Å²) in [6.45, 7) is 3.04. The highest BCUT2D eigenvalue weighted by atomic mass is 19.1. The molecule has 2 N–H and O–H groups in total. The first-order valence-electron chi connectivity index (χ1n) is 8.53. The SMILES string of the molecule is Cc1cccc(-n2cc(CNCc3nn[nH]n3)c(-c3cccc(F)c3)n2)c1. The molecule has 7 nitrogen and oxygen atoms in total. The Morgan fingerprint density at radius 2 is 2.00 bits per heavy atom. The third-order valence-corrected chi connectivity index (χ3v) is 4.14. The Morgan fingerprint density at radius 3 is 2.78 bits per heavy atom. The number of H-pyrrole nitrogens is 1. The molecule has 2 aromatic carbocycles. The molecule has 0 atom stereocenters. The normalized spacial score (nSPS) is 11.0. The third kappa shape index (κ3) is 3.90. The summed E-state index contributed by atoms with van der Waals surface area (Å²) in [5.41, 5.74) is 4.52. The molecule has 0 aliphatic heterocycles. The minimum atomic E-state index is -0.289. The summed E-state index contributed by atoms with van der Waals surface area (Å²) in [6.07, 6.45) is 1.96. The maximum absolute atomic E-state index is 13.7. The molecule has 0 saturated carbocycles. The molecule has 0 aliphatic carbocycles. The number of aryl methyl sites for hydroxylation is 1. The first-order valence-corrected chi connectivity index (χ1v) is 8.53. The lowest BCUT2D eigenvalue weighted by molar-refractivity contribution is 0.628. The van der Waals surface area contributed by atoms with Gasteiger partial charge in [0, 0.05) is 23.9 Å². The van der Waals surface area contributed by atoms with Gasteiger partial charge in [0.15, 0.2) is 5.82 Å². The molecule has 0 saturated heterocycles. The molecule has 8 heteroatoms. The number of hydrogen-bond donors (Lipinski definition) is 2. The van der Waals surface area contributed by atoms with E-state index in [1.807, 2.05) is 42.1 Å². The van der Waals surface area contributed by atoms with Gasteiger partial charge in [-0.05, 0) is 36.8 Å². The van der Waals surface area contributed by atoms with Gasteiger partial charge in [-0.15, -0.1) is 10.2 Å². The van der Waals surface area contributed by atoms with Crippen molar-refractivity contribution in [2.24, 2.45) is 0 Å². The van der Waals surface area contributed by atoms with Crippen LogP contribution < -0.4 is 5.32 Å². The van der Waals surface area contributed by atoms with Gasteiger partial charge in [0.2, 0.25) is 0 Å². The zero-order chi connectivity index (χ0) is 18.6. The average molecular weight is 363 g/mol. The Balaban J connectivity index is 1.66. The van der Waals surface area contributed by atoms with Crippen molar-refractivity contribution in [3.63, 3.8) is 0 Å². The predicted molar refractivity (Wildman–Crippen MR) is 98.4 cm³/mol. The topological polar surface area (TPSA) is 84.3 Å². The number of aromatic nitrogens is 6. The van der Waals surface area contributed by atoms with Crippen molar-refractivity contribution in [2.75, 3.05) is 0 Å². The van der Waals surface area contributed by atoms with Gasteiger partial charge in [0.1, 0.15) is 5.82 Å². The van der Waals surface area contributed by atoms with Crippen molar-refractivity contribution in [3.05, 3.63) is 77.5 Å². The second kappa shape index (κ2) is 7.46. The summed E-state index contributed by atoms with van der Waals surface area (Å²) in [5, 5.41) is 21.8. The fourth-order valence-electron chi connectivity index (χ4n) is 2.89. The third-order valence-electron chi connectivity index (χ3n) is 4.14. The lowest BCUT2D eigenvalue weighted by Crippen LogP contribution is -2.14. The van der Waals surface area contributed by atoms with Gasteiger partial charge in [0.05, 0.1) is 17.9 Å². The van der Waals surface area contributed by atoms with Crippen molar-refractivity contribution >= 4 is 0 Å². The number of rotatable bonds is 6. The number of halogens is 1. The summed E-state index contributed by atoms with van der Waals surface area (Å²) < 4.78 is 15.5. The van der Waals surface area contributed by atoms with E-state index in [0.29, 0.717) is 18.9 Å². The minimum absolute atomic E-state index is 0.289. The summed E-state index contributed by atoms with van der Waals surface area (Å²) in [7, 11) is 0. The van der Waals surface area contributed by atoms with E-state index >= 15 is 0 Å². The summed E-state index contributed by atoms with van der Waals surface area (Å²) >= 11 is 0. The van der Waals surface area contributed by atoms with E-state index in [1.165, 1.54) is 12.1 Å². The van der Waals surface area contributed by atoms with Crippen LogP contribution in [0.1, 0.15) is 17.0 Å². The summed E-state index contributed by atoms with van der Waals surface area (Å²) in [4.78, 5) is 0. The van der Waals surface area contributed by atoms with E-state index in [-0.39, 0.29) is 5.82 Å². The minimum Gasteiger partial charge on any atom is -0.305 e. The number of tetrazole rings is 1. The molecule has 0 unspecified atom stereocenters. The van der Waals surface area contributed by atoms with Gasteiger partial charge in [0.25, 0.3) is 0 Å². The lowest BCUT2D eigenvalue weighted by Gasteiger charge is -2.03. The predicted octanol–water partition coefficient (Wildman–Crippen LogP) is 2.79. The average Bonchev–Trinajstić information content (AvgIpc) is 3.32. The van der Waals surface area contributed by atoms with Gasteiger partial charge in [-0.25, -0.2) is 9.07 Å². The second-order valence-corrected chi connectivity index (χ2v) is 6.23. The van der Waals surface area contributed by atoms with Crippen LogP contribution in [0.2, 0.25) is 0 Å². The lowest BCUT2D eigenvalue weighted by atomic mass is 10.1. The van der Waals surface area contributed by atoms with Crippen LogP contribution in [0.4, 0.5) is 4.39 Å². The molecule has 27 heavy (non-hydrogen) atoms. The number of nitrogens with zero attached hydrogens (tertiary/aromatic N) is 5. The first-order chi connectivity index (χ1) is 13.2. The molecule has 0 fully saturated rings. The first kappa shape index (κ1) is 17.0. The highest BCUT2D eigenvalue weighted by Gasteiger charge is 2.13. The summed E-state index contributed by atoms with van der Waals surface area (Å²) in [6, 6.07) is 14.5. The van der Waals surface area contributed by atoms with E-state index < -0.39 is 0 Å². The zero-order valence-corrected chi connectivity index (χ0v) is 14.7. The van der Waals surface area contributed by atoms with E-state index in [1.54, 1.807) is 6.07 Å². The fraction of sp³-hybridized carbons (Fsp3) is 0.158. The molecular formula is C19H18FN7. The number of aromatic amines is 1. The van der Waals surface area contributed by atoms with Gasteiger partial charge >= 0.3 is 0 Å². The van der Waals surface area contributed by atoms with Crippen LogP contribution in [0, 0.1) is 12.7 Å². The Kier molecular flexibility index (Phi) is 4.71. The molecule has 4 aromatic rings. The van der Waals surface area contributed by atoms with Crippen LogP contribution in [0.15, 0.2) is 54.7 Å². The van der Waals surface area contributed by atoms with Crippen LogP contribution in [-0.4, -0.2) is 30.4 Å². The van der Waals surface area contributed by atoms with Crippen molar-refractivity contribution in [2.45, 2.75) is 20.0 Å². The standard InChI is InChI=1S/C19H18FN7/c1-13-4-2-7-17(8-13)27-12-15(10-21-11-18-22-25-26-23-18)19(24-27)14-5-3-6-16(20)9-14/h2-9,12,21H,10-11H2,1H3,(H,22,23,25,26). The Morgan fingerprint density at radius 1 is 1.11 bits per heavy atom. The number of nitrogens with one attached hydrogen (secondary N) is 2. The number of hydrogen-bond acceptors (Lipinski definition) is 5. The zero-order valence-electron chi connectivity index (χ0n) is 14.7. The van der Waals surface area contributed by atoms with Gasteiger partial charge in [-0.3, -0.25) is 0 Å². The van der Waals surface area contributed by atoms with Gasteiger partial charge in [-0.2, -0.15) is 10.3 Å². The van der Waals surface area contributed by atoms with Gasteiger partial charge in [-0.1, -0.05) is 29.5 Å². The highest BCUT2D eigenvalue weighted by Crippen LogP contribution is 2.24. The Bertz CT molecular complexity index is 1040. The highest BCUT2D eigenvalue weighted by molar-refractivity contribution is 5.63. The molecule has 0 bridgehead atoms. The van der Waals surface area contributed by atoms with Crippen LogP contribution >= 0.6 is 0 Å². The van der Waals surface area contributed by atoms with Crippen LogP contribution in [0.25, 0.3) is 16.9 Å². The fourth-order valence-corrected chi connectivity index (χ4v) is 2.89. The van der Waals surface area contributed by atoms with E-state index in [2.05, 4.69) is 32.0 Å². The van der Waals surface area contributed by atoms with E-state index in [0.717, 1.165) is 28.1 Å². The Hall–Kier alpha value is -3.39. The number of benzene rings is 2. The van der Waals surface area contributed by atoms with E-state index in [4.69, 9.17) is 5.10 Å². The second-order valence-electron chi connectivity index (χ2n) is 6.23. The van der Waals surface area contributed by atoms with Crippen LogP contribution in [-0.2, 0) is 13.1 Å². The van der Waals surface area contributed by atoms with Crippen molar-refractivity contribution in [3.8, 4) is 16.9 Å². The van der Waals surface area contributed by atoms with Crippen LogP contribution in [0.3, 0.4) is 0 Å². The molecule has 0 spiro atoms. The molecule has 0 radical (unpaired) electrons. The maximum Gasteiger partial charge on any atom is 0.188 e. The monoisotopic (exact) mass is 363 g/mol. The van der Waals surface area contributed by atoms with Crippen LogP contribution in [0.5, 0.6) is 0 Å². The molecule has 2 aromatic heterocycles. The maximum atomic E-state index is 13.7. The smallest absolute Gasteiger partial charge is 0.188 e.